The predicted molar refractivity (Wildman–Crippen MR) is 52.9 cm³/mol. The zero-order valence-electron chi connectivity index (χ0n) is 8.30. The first kappa shape index (κ1) is 10.4. The van der Waals surface area contributed by atoms with Crippen molar-refractivity contribution in [3.05, 3.63) is 29.8 Å². The molecule has 1 N–H and O–H groups in total. The Bertz CT molecular complexity index is 337. The number of hydrogen-bond donors (Lipinski definition) is 1. The highest BCUT2D eigenvalue weighted by molar-refractivity contribution is 5.25. The first-order chi connectivity index (χ1) is 7.27. The lowest BCUT2D eigenvalue weighted by Crippen LogP contribution is -2.28. The van der Waals surface area contributed by atoms with Crippen LogP contribution in [0.4, 0.5) is 8.78 Å². The average Bonchev–Trinajstić information content (AvgIpc) is 2.73. The topological polar surface area (TPSA) is 21.3 Å². The number of halogens is 2. The third kappa shape index (κ3) is 2.45. The van der Waals surface area contributed by atoms with E-state index < -0.39 is 11.6 Å². The summed E-state index contributed by atoms with van der Waals surface area (Å²) in [7, 11) is 0. The summed E-state index contributed by atoms with van der Waals surface area (Å²) in [6, 6.07) is 4.21. The number of rotatable bonds is 3. The number of benzene rings is 1. The van der Waals surface area contributed by atoms with Crippen molar-refractivity contribution in [3.63, 3.8) is 0 Å². The molecular weight excluding hydrogens is 200 g/mol. The van der Waals surface area contributed by atoms with Crippen molar-refractivity contribution in [1.82, 2.24) is 5.32 Å². The molecule has 1 fully saturated rings. The zero-order valence-corrected chi connectivity index (χ0v) is 8.30. The van der Waals surface area contributed by atoms with Crippen molar-refractivity contribution in [1.29, 1.82) is 0 Å². The average molecular weight is 213 g/mol. The van der Waals surface area contributed by atoms with Crippen LogP contribution in [0.3, 0.4) is 0 Å². The SMILES string of the molecule is Fc1cccc(OC[C@@H]2CCCN2)c1F. The number of ether oxygens (including phenoxy) is 1. The van der Waals surface area contributed by atoms with Gasteiger partial charge in [0.2, 0.25) is 5.82 Å². The lowest BCUT2D eigenvalue weighted by molar-refractivity contribution is 0.261. The van der Waals surface area contributed by atoms with E-state index in [2.05, 4.69) is 5.32 Å². The van der Waals surface area contributed by atoms with Crippen LogP contribution in [0.5, 0.6) is 5.75 Å². The van der Waals surface area contributed by atoms with Crippen molar-refractivity contribution in [2.45, 2.75) is 18.9 Å². The Labute approximate surface area is 87.2 Å². The molecule has 0 radical (unpaired) electrons. The van der Waals surface area contributed by atoms with E-state index in [-0.39, 0.29) is 11.8 Å². The fourth-order valence-corrected chi connectivity index (χ4v) is 1.68. The molecule has 1 aromatic carbocycles. The minimum Gasteiger partial charge on any atom is -0.489 e. The molecule has 1 saturated heterocycles. The van der Waals surface area contributed by atoms with E-state index in [0.717, 1.165) is 25.5 Å². The molecule has 2 rings (SSSR count). The highest BCUT2D eigenvalue weighted by Gasteiger charge is 2.16. The van der Waals surface area contributed by atoms with Crippen LogP contribution in [0.25, 0.3) is 0 Å². The maximum absolute atomic E-state index is 13.2. The first-order valence-corrected chi connectivity index (χ1v) is 5.07. The molecular formula is C11H13F2NO. The van der Waals surface area contributed by atoms with Gasteiger partial charge in [-0.05, 0) is 31.5 Å². The Morgan fingerprint density at radius 3 is 3.00 bits per heavy atom. The van der Waals surface area contributed by atoms with Crippen LogP contribution < -0.4 is 10.1 Å². The minimum atomic E-state index is -0.907. The molecule has 82 valence electrons. The van der Waals surface area contributed by atoms with E-state index in [1.54, 1.807) is 0 Å². The maximum atomic E-state index is 13.2. The van der Waals surface area contributed by atoms with Gasteiger partial charge in [-0.25, -0.2) is 4.39 Å². The van der Waals surface area contributed by atoms with E-state index in [9.17, 15) is 8.78 Å². The van der Waals surface area contributed by atoms with Crippen LogP contribution >= 0.6 is 0 Å². The summed E-state index contributed by atoms with van der Waals surface area (Å²) in [5.41, 5.74) is 0. The quantitative estimate of drug-likeness (QED) is 0.830. The fraction of sp³-hybridized carbons (Fsp3) is 0.455. The van der Waals surface area contributed by atoms with Gasteiger partial charge in [0.05, 0.1) is 0 Å². The van der Waals surface area contributed by atoms with Gasteiger partial charge in [0.15, 0.2) is 11.6 Å². The van der Waals surface area contributed by atoms with Gasteiger partial charge < -0.3 is 10.1 Å². The van der Waals surface area contributed by atoms with E-state index in [0.29, 0.717) is 6.61 Å². The van der Waals surface area contributed by atoms with E-state index in [4.69, 9.17) is 4.74 Å². The van der Waals surface area contributed by atoms with Gasteiger partial charge in [-0.3, -0.25) is 0 Å². The molecule has 1 aliphatic rings. The van der Waals surface area contributed by atoms with Crippen molar-refractivity contribution in [2.75, 3.05) is 13.2 Å². The van der Waals surface area contributed by atoms with Gasteiger partial charge in [0.1, 0.15) is 6.61 Å². The molecule has 0 saturated carbocycles. The van der Waals surface area contributed by atoms with Crippen LogP contribution in [0, 0.1) is 11.6 Å². The lowest BCUT2D eigenvalue weighted by Gasteiger charge is -2.12. The number of nitrogens with one attached hydrogen (secondary N) is 1. The van der Waals surface area contributed by atoms with Gasteiger partial charge in [0.25, 0.3) is 0 Å². The van der Waals surface area contributed by atoms with Crippen LogP contribution in [0.2, 0.25) is 0 Å². The summed E-state index contributed by atoms with van der Waals surface area (Å²) in [6.07, 6.45) is 2.14. The normalized spacial score (nSPS) is 20.5. The number of hydrogen-bond acceptors (Lipinski definition) is 2. The Hall–Kier alpha value is -1.16. The summed E-state index contributed by atoms with van der Waals surface area (Å²) >= 11 is 0. The Kier molecular flexibility index (Phi) is 3.16. The molecule has 1 heterocycles. The van der Waals surface area contributed by atoms with Crippen LogP contribution in [0.15, 0.2) is 18.2 Å². The van der Waals surface area contributed by atoms with Crippen molar-refractivity contribution < 1.29 is 13.5 Å². The van der Waals surface area contributed by atoms with Crippen molar-refractivity contribution in [2.24, 2.45) is 0 Å². The van der Waals surface area contributed by atoms with Crippen molar-refractivity contribution in [3.8, 4) is 5.75 Å². The molecule has 0 amide bonds. The molecule has 1 atom stereocenters. The van der Waals surface area contributed by atoms with E-state index in [1.165, 1.54) is 12.1 Å². The third-order valence-electron chi connectivity index (χ3n) is 2.52. The third-order valence-corrected chi connectivity index (χ3v) is 2.52. The molecule has 0 bridgehead atoms. The Morgan fingerprint density at radius 2 is 2.27 bits per heavy atom. The van der Waals surface area contributed by atoms with E-state index >= 15 is 0 Å². The van der Waals surface area contributed by atoms with Gasteiger partial charge in [-0.15, -0.1) is 0 Å². The summed E-state index contributed by atoms with van der Waals surface area (Å²) in [5, 5.41) is 3.22. The van der Waals surface area contributed by atoms with Crippen LogP contribution in [-0.4, -0.2) is 19.2 Å². The summed E-state index contributed by atoms with van der Waals surface area (Å²) in [5.74, 6) is -1.79. The van der Waals surface area contributed by atoms with E-state index in [1.807, 2.05) is 0 Å². The maximum Gasteiger partial charge on any atom is 0.200 e. The Morgan fingerprint density at radius 1 is 1.40 bits per heavy atom. The molecule has 4 heteroatoms. The van der Waals surface area contributed by atoms with Gasteiger partial charge in [0, 0.05) is 6.04 Å². The summed E-state index contributed by atoms with van der Waals surface area (Å²) in [6.45, 7) is 1.36. The fourth-order valence-electron chi connectivity index (χ4n) is 1.68. The van der Waals surface area contributed by atoms with Gasteiger partial charge in [-0.1, -0.05) is 6.07 Å². The molecule has 1 aromatic rings. The second kappa shape index (κ2) is 4.57. The lowest BCUT2D eigenvalue weighted by atomic mass is 10.2. The largest absolute Gasteiger partial charge is 0.489 e. The molecule has 0 unspecified atom stereocenters. The van der Waals surface area contributed by atoms with Crippen LogP contribution in [-0.2, 0) is 0 Å². The molecule has 0 aromatic heterocycles. The molecule has 1 aliphatic heterocycles. The summed E-state index contributed by atoms with van der Waals surface area (Å²) < 4.78 is 31.2. The predicted octanol–water partition coefficient (Wildman–Crippen LogP) is 2.10. The first-order valence-electron chi connectivity index (χ1n) is 5.07. The molecule has 2 nitrogen and oxygen atoms in total. The van der Waals surface area contributed by atoms with Crippen LogP contribution in [0.1, 0.15) is 12.8 Å². The Balaban J connectivity index is 1.95. The highest BCUT2D eigenvalue weighted by atomic mass is 19.2. The second-order valence-electron chi connectivity index (χ2n) is 3.66. The zero-order chi connectivity index (χ0) is 10.7. The smallest absolute Gasteiger partial charge is 0.200 e. The monoisotopic (exact) mass is 213 g/mol. The minimum absolute atomic E-state index is 0.0105. The molecule has 0 spiro atoms. The molecule has 0 aliphatic carbocycles. The molecule has 15 heavy (non-hydrogen) atoms. The van der Waals surface area contributed by atoms with Gasteiger partial charge in [-0.2, -0.15) is 4.39 Å². The highest BCUT2D eigenvalue weighted by Crippen LogP contribution is 2.19. The standard InChI is InChI=1S/C11H13F2NO/c12-9-4-1-5-10(11(9)13)15-7-8-3-2-6-14-8/h1,4-5,8,14H,2-3,6-7H2/t8-/m0/s1. The van der Waals surface area contributed by atoms with Crippen molar-refractivity contribution >= 4 is 0 Å². The summed E-state index contributed by atoms with van der Waals surface area (Å²) in [4.78, 5) is 0. The second-order valence-corrected chi connectivity index (χ2v) is 3.66. The van der Waals surface area contributed by atoms with Gasteiger partial charge >= 0.3 is 0 Å².